The number of aromatic nitrogens is 3. The zero-order valence-electron chi connectivity index (χ0n) is 14.5. The molecule has 1 saturated carbocycles. The van der Waals surface area contributed by atoms with E-state index in [2.05, 4.69) is 16.3 Å². The number of fused-ring (bicyclic) bond motifs is 1. The smallest absolute Gasteiger partial charge is 0.225 e. The molecule has 5 nitrogen and oxygen atoms in total. The van der Waals surface area contributed by atoms with E-state index in [0.717, 1.165) is 60.8 Å². The Balaban J connectivity index is 1.33. The molecular formula is C20H21FN4O. The van der Waals surface area contributed by atoms with Crippen LogP contribution < -0.4 is 0 Å². The van der Waals surface area contributed by atoms with Gasteiger partial charge in [0.05, 0.1) is 12.2 Å². The van der Waals surface area contributed by atoms with Crippen LogP contribution in [-0.4, -0.2) is 38.7 Å². The third-order valence-electron chi connectivity index (χ3n) is 5.63. The molecule has 0 bridgehead atoms. The Bertz CT molecular complexity index is 963. The van der Waals surface area contributed by atoms with Crippen molar-refractivity contribution < 1.29 is 9.18 Å². The first kappa shape index (κ1) is 15.6. The third kappa shape index (κ3) is 2.69. The fourth-order valence-corrected chi connectivity index (χ4v) is 3.95. The van der Waals surface area contributed by atoms with Crippen LogP contribution in [0.5, 0.6) is 0 Å². The van der Waals surface area contributed by atoms with Gasteiger partial charge >= 0.3 is 0 Å². The van der Waals surface area contributed by atoms with Crippen molar-refractivity contribution in [2.45, 2.75) is 31.7 Å². The molecular weight excluding hydrogens is 331 g/mol. The maximum atomic E-state index is 13.4. The van der Waals surface area contributed by atoms with E-state index in [1.807, 2.05) is 22.0 Å². The SMILES string of the molecule is O=C(C1CC1)N1CCC(n2cc(-c3c[nH]c4cc(F)ccc34)cn2)CC1. The summed E-state index contributed by atoms with van der Waals surface area (Å²) in [6.07, 6.45) is 9.86. The number of nitrogens with zero attached hydrogens (tertiary/aromatic N) is 3. The Morgan fingerprint density at radius 2 is 2.00 bits per heavy atom. The van der Waals surface area contributed by atoms with Gasteiger partial charge in [0.2, 0.25) is 5.91 Å². The summed E-state index contributed by atoms with van der Waals surface area (Å²) in [5.41, 5.74) is 2.85. The van der Waals surface area contributed by atoms with Crippen LogP contribution >= 0.6 is 0 Å². The number of aromatic amines is 1. The van der Waals surface area contributed by atoms with Crippen molar-refractivity contribution in [3.8, 4) is 11.1 Å². The molecule has 1 aromatic carbocycles. The number of amides is 1. The number of carbonyl (C=O) groups is 1. The van der Waals surface area contributed by atoms with Crippen molar-refractivity contribution in [2.75, 3.05) is 13.1 Å². The monoisotopic (exact) mass is 352 g/mol. The van der Waals surface area contributed by atoms with Crippen LogP contribution in [0.1, 0.15) is 31.7 Å². The minimum Gasteiger partial charge on any atom is -0.360 e. The zero-order valence-corrected chi connectivity index (χ0v) is 14.5. The molecule has 3 heterocycles. The lowest BCUT2D eigenvalue weighted by atomic mass is 10.0. The van der Waals surface area contributed by atoms with Crippen LogP contribution in [0, 0.1) is 11.7 Å². The zero-order chi connectivity index (χ0) is 17.7. The highest BCUT2D eigenvalue weighted by Gasteiger charge is 2.35. The van der Waals surface area contributed by atoms with Crippen molar-refractivity contribution in [1.82, 2.24) is 19.7 Å². The lowest BCUT2D eigenvalue weighted by Crippen LogP contribution is -2.39. The maximum absolute atomic E-state index is 13.4. The normalized spacial score (nSPS) is 18.6. The molecule has 0 atom stereocenters. The number of nitrogens with one attached hydrogen (secondary N) is 1. The van der Waals surface area contributed by atoms with E-state index in [0.29, 0.717) is 17.9 Å². The van der Waals surface area contributed by atoms with Gasteiger partial charge in [0.1, 0.15) is 5.82 Å². The summed E-state index contributed by atoms with van der Waals surface area (Å²) in [7, 11) is 0. The maximum Gasteiger partial charge on any atom is 0.225 e. The molecule has 1 amide bonds. The summed E-state index contributed by atoms with van der Waals surface area (Å²) in [4.78, 5) is 17.3. The summed E-state index contributed by atoms with van der Waals surface area (Å²) in [6, 6.07) is 5.12. The summed E-state index contributed by atoms with van der Waals surface area (Å²) in [6.45, 7) is 1.64. The molecule has 1 N–H and O–H groups in total. The van der Waals surface area contributed by atoms with E-state index in [9.17, 15) is 9.18 Å². The molecule has 6 heteroatoms. The Hall–Kier alpha value is -2.63. The molecule has 0 unspecified atom stereocenters. The molecule has 0 radical (unpaired) electrons. The van der Waals surface area contributed by atoms with Gasteiger partial charge in [0, 0.05) is 53.4 Å². The van der Waals surface area contributed by atoms with Crippen LogP contribution in [0.3, 0.4) is 0 Å². The second-order valence-corrected chi connectivity index (χ2v) is 7.43. The largest absolute Gasteiger partial charge is 0.360 e. The minimum absolute atomic E-state index is 0.242. The number of halogens is 1. The number of hydrogen-bond donors (Lipinski definition) is 1. The van der Waals surface area contributed by atoms with Crippen LogP contribution in [0.2, 0.25) is 0 Å². The summed E-state index contributed by atoms with van der Waals surface area (Å²) in [5.74, 6) is 0.402. The predicted octanol–water partition coefficient (Wildman–Crippen LogP) is 3.74. The van der Waals surface area contributed by atoms with E-state index in [1.54, 1.807) is 6.07 Å². The first-order valence-electron chi connectivity index (χ1n) is 9.29. The van der Waals surface area contributed by atoms with E-state index < -0.39 is 0 Å². The first-order valence-corrected chi connectivity index (χ1v) is 9.29. The average molecular weight is 352 g/mol. The molecule has 1 saturated heterocycles. The first-order chi connectivity index (χ1) is 12.7. The Morgan fingerprint density at radius 3 is 2.77 bits per heavy atom. The van der Waals surface area contributed by atoms with Gasteiger partial charge in [-0.25, -0.2) is 4.39 Å². The third-order valence-corrected chi connectivity index (χ3v) is 5.63. The molecule has 1 aliphatic carbocycles. The molecule has 3 aromatic rings. The fraction of sp³-hybridized carbons (Fsp3) is 0.400. The number of benzene rings is 1. The van der Waals surface area contributed by atoms with Gasteiger partial charge in [-0.2, -0.15) is 5.10 Å². The average Bonchev–Trinajstić information content (AvgIpc) is 3.25. The van der Waals surface area contributed by atoms with Crippen molar-refractivity contribution in [3.05, 3.63) is 42.6 Å². The molecule has 0 spiro atoms. The molecule has 2 aliphatic rings. The van der Waals surface area contributed by atoms with Crippen LogP contribution in [0.4, 0.5) is 4.39 Å². The van der Waals surface area contributed by atoms with E-state index >= 15 is 0 Å². The number of rotatable bonds is 3. The van der Waals surface area contributed by atoms with Gasteiger partial charge in [0.15, 0.2) is 0 Å². The van der Waals surface area contributed by atoms with Gasteiger partial charge in [0.25, 0.3) is 0 Å². The standard InChI is InChI=1S/C20H21FN4O/c21-15-3-4-17-18(11-22-19(17)9-15)14-10-23-25(12-14)16-5-7-24(8-6-16)20(26)13-1-2-13/h3-4,9-13,16,22H,1-2,5-8H2. The fourth-order valence-electron chi connectivity index (χ4n) is 3.95. The predicted molar refractivity (Wildman–Crippen MR) is 97.1 cm³/mol. The molecule has 26 heavy (non-hydrogen) atoms. The lowest BCUT2D eigenvalue weighted by Gasteiger charge is -2.32. The Kier molecular flexibility index (Phi) is 3.58. The summed E-state index contributed by atoms with van der Waals surface area (Å²) < 4.78 is 15.4. The molecule has 134 valence electrons. The second-order valence-electron chi connectivity index (χ2n) is 7.43. The second kappa shape index (κ2) is 5.97. The van der Waals surface area contributed by atoms with Crippen molar-refractivity contribution in [3.63, 3.8) is 0 Å². The van der Waals surface area contributed by atoms with E-state index in [1.165, 1.54) is 12.1 Å². The van der Waals surface area contributed by atoms with E-state index in [-0.39, 0.29) is 5.82 Å². The quantitative estimate of drug-likeness (QED) is 0.781. The highest BCUT2D eigenvalue weighted by Crippen LogP contribution is 2.34. The van der Waals surface area contributed by atoms with Crippen molar-refractivity contribution in [2.24, 2.45) is 5.92 Å². The van der Waals surface area contributed by atoms with Crippen molar-refractivity contribution in [1.29, 1.82) is 0 Å². The topological polar surface area (TPSA) is 53.9 Å². The van der Waals surface area contributed by atoms with Gasteiger partial charge < -0.3 is 9.88 Å². The summed E-state index contributed by atoms with van der Waals surface area (Å²) in [5, 5.41) is 5.56. The summed E-state index contributed by atoms with van der Waals surface area (Å²) >= 11 is 0. The van der Waals surface area contributed by atoms with Crippen LogP contribution in [0.25, 0.3) is 22.0 Å². The Morgan fingerprint density at radius 1 is 1.19 bits per heavy atom. The molecule has 2 fully saturated rings. The minimum atomic E-state index is -0.242. The number of carbonyl (C=O) groups excluding carboxylic acids is 1. The molecule has 5 rings (SSSR count). The van der Waals surface area contributed by atoms with Gasteiger partial charge in [-0.05, 0) is 43.9 Å². The van der Waals surface area contributed by atoms with Crippen LogP contribution in [-0.2, 0) is 4.79 Å². The molecule has 1 aliphatic heterocycles. The number of H-pyrrole nitrogens is 1. The van der Waals surface area contributed by atoms with Gasteiger partial charge in [-0.15, -0.1) is 0 Å². The van der Waals surface area contributed by atoms with Crippen LogP contribution in [0.15, 0.2) is 36.8 Å². The number of hydrogen-bond acceptors (Lipinski definition) is 2. The van der Waals surface area contributed by atoms with Crippen molar-refractivity contribution >= 4 is 16.8 Å². The van der Waals surface area contributed by atoms with E-state index in [4.69, 9.17) is 0 Å². The molecule has 2 aromatic heterocycles. The highest BCUT2D eigenvalue weighted by atomic mass is 19.1. The highest BCUT2D eigenvalue weighted by molar-refractivity contribution is 5.95. The Labute approximate surface area is 150 Å². The lowest BCUT2D eigenvalue weighted by molar-refractivity contribution is -0.133. The van der Waals surface area contributed by atoms with Gasteiger partial charge in [-0.3, -0.25) is 9.48 Å². The number of likely N-dealkylation sites (tertiary alicyclic amines) is 1. The number of piperidine rings is 1. The van der Waals surface area contributed by atoms with Gasteiger partial charge in [-0.1, -0.05) is 0 Å².